The van der Waals surface area contributed by atoms with E-state index in [0.717, 1.165) is 63.0 Å². The molecule has 330 valence electrons. The number of nitrogens with zero attached hydrogens (tertiary/aromatic N) is 2. The average molecular weight is 815 g/mol. The second kappa shape index (κ2) is 20.3. The van der Waals surface area contributed by atoms with Crippen LogP contribution in [0.1, 0.15) is 183 Å². The molecule has 0 N–H and O–H groups in total. The van der Waals surface area contributed by atoms with Gasteiger partial charge in [-0.05, 0) is 149 Å². The Morgan fingerprint density at radius 1 is 0.610 bits per heavy atom. The Hall–Kier alpha value is -2.90. The first-order valence-corrected chi connectivity index (χ1v) is 23.5. The molecule has 5 rings (SSSR count). The van der Waals surface area contributed by atoms with E-state index in [1.54, 1.807) is 0 Å². The molecule has 2 saturated heterocycles. The molecule has 7 nitrogen and oxygen atoms in total. The fourth-order valence-corrected chi connectivity index (χ4v) is 10.7. The van der Waals surface area contributed by atoms with Crippen LogP contribution < -0.4 is 4.74 Å². The topological polar surface area (TPSA) is 68.3 Å². The van der Waals surface area contributed by atoms with Crippen LogP contribution in [-0.4, -0.2) is 76.8 Å². The number of carbonyl (C=O) groups excluding carboxylic acids is 2. The Labute approximate surface area is 359 Å². The Kier molecular flexibility index (Phi) is 16.2. The van der Waals surface area contributed by atoms with Gasteiger partial charge in [0.15, 0.2) is 5.92 Å². The number of rotatable bonds is 18. The smallest absolute Gasteiger partial charge is 0.320 e. The molecule has 2 aromatic carbocycles. The van der Waals surface area contributed by atoms with Gasteiger partial charge in [0.05, 0.1) is 6.61 Å². The van der Waals surface area contributed by atoms with Gasteiger partial charge in [-0.3, -0.25) is 19.4 Å². The molecule has 2 aliphatic heterocycles. The van der Waals surface area contributed by atoms with Gasteiger partial charge in [0.25, 0.3) is 0 Å². The van der Waals surface area contributed by atoms with Crippen LogP contribution in [0, 0.1) is 11.8 Å². The highest BCUT2D eigenvalue weighted by molar-refractivity contribution is 5.95. The van der Waals surface area contributed by atoms with E-state index in [0.29, 0.717) is 18.9 Å². The predicted octanol–water partition coefficient (Wildman–Crippen LogP) is 12.5. The first-order valence-electron chi connectivity index (χ1n) is 23.5. The minimum Gasteiger partial charge on any atom is -0.494 e. The zero-order valence-electron chi connectivity index (χ0n) is 39.2. The Morgan fingerprint density at radius 3 is 1.54 bits per heavy atom. The van der Waals surface area contributed by atoms with Crippen molar-refractivity contribution in [3.63, 3.8) is 0 Å². The van der Waals surface area contributed by atoms with E-state index in [1.807, 2.05) is 0 Å². The van der Waals surface area contributed by atoms with Crippen molar-refractivity contribution >= 4 is 11.9 Å². The van der Waals surface area contributed by atoms with Crippen molar-refractivity contribution in [3.05, 3.63) is 54.1 Å². The SMILES string of the molecule is CCCCC[C@H]1CC[C@H](c2ccc(-c3ccc(OCCCCCCC(C(=O)OC4CC(C)(C)N(C)C(C)(C)C4)C(=O)OC4CC(C)(C)N(C)C(C)(C)C4)cc3)cc2)CC1. The third kappa shape index (κ3) is 12.8. The molecule has 0 spiro atoms. The quantitative estimate of drug-likeness (QED) is 0.0843. The van der Waals surface area contributed by atoms with Crippen LogP contribution in [0.2, 0.25) is 0 Å². The van der Waals surface area contributed by atoms with E-state index >= 15 is 0 Å². The van der Waals surface area contributed by atoms with Crippen molar-refractivity contribution in [3.8, 4) is 16.9 Å². The molecule has 2 heterocycles. The molecule has 3 aliphatic rings. The van der Waals surface area contributed by atoms with Crippen LogP contribution in [0.4, 0.5) is 0 Å². The summed E-state index contributed by atoms with van der Waals surface area (Å²) < 4.78 is 18.6. The number of ether oxygens (including phenoxy) is 3. The summed E-state index contributed by atoms with van der Waals surface area (Å²) in [4.78, 5) is 32.6. The third-order valence-corrected chi connectivity index (χ3v) is 15.0. The summed E-state index contributed by atoms with van der Waals surface area (Å²) in [7, 11) is 4.28. The lowest BCUT2D eigenvalue weighted by atomic mass is 9.77. The molecule has 0 amide bonds. The Bertz CT molecular complexity index is 1530. The number of likely N-dealkylation sites (tertiary alicyclic amines) is 2. The summed E-state index contributed by atoms with van der Waals surface area (Å²) in [6.07, 6.45) is 17.3. The maximum absolute atomic E-state index is 13.9. The van der Waals surface area contributed by atoms with Crippen LogP contribution in [0.25, 0.3) is 11.1 Å². The van der Waals surface area contributed by atoms with Crippen molar-refractivity contribution < 1.29 is 23.8 Å². The van der Waals surface area contributed by atoms with Gasteiger partial charge in [0.2, 0.25) is 0 Å². The molecule has 1 saturated carbocycles. The zero-order valence-corrected chi connectivity index (χ0v) is 39.2. The number of piperidine rings is 2. The molecule has 59 heavy (non-hydrogen) atoms. The molecule has 0 aromatic heterocycles. The Balaban J connectivity index is 1.08. The normalized spacial score (nSPS) is 23.5. The van der Waals surface area contributed by atoms with Crippen molar-refractivity contribution in [1.82, 2.24) is 9.80 Å². The fraction of sp³-hybridized carbons (Fsp3) is 0.731. The second-order valence-electron chi connectivity index (χ2n) is 21.3. The summed E-state index contributed by atoms with van der Waals surface area (Å²) in [5, 5.41) is 0. The maximum atomic E-state index is 13.9. The van der Waals surface area contributed by atoms with Crippen LogP contribution in [0.3, 0.4) is 0 Å². The molecule has 0 bridgehead atoms. The van der Waals surface area contributed by atoms with Gasteiger partial charge in [-0.15, -0.1) is 0 Å². The predicted molar refractivity (Wildman–Crippen MR) is 243 cm³/mol. The molecule has 0 atom stereocenters. The third-order valence-electron chi connectivity index (χ3n) is 15.0. The number of hydrogen-bond donors (Lipinski definition) is 0. The van der Waals surface area contributed by atoms with Crippen molar-refractivity contribution in [2.45, 2.75) is 212 Å². The summed E-state index contributed by atoms with van der Waals surface area (Å²) in [6, 6.07) is 17.7. The first-order chi connectivity index (χ1) is 27.8. The molecule has 3 fully saturated rings. The lowest BCUT2D eigenvalue weighted by Crippen LogP contribution is -2.60. The largest absolute Gasteiger partial charge is 0.494 e. The van der Waals surface area contributed by atoms with Crippen LogP contribution >= 0.6 is 0 Å². The van der Waals surface area contributed by atoms with Crippen molar-refractivity contribution in [1.29, 1.82) is 0 Å². The number of esters is 2. The van der Waals surface area contributed by atoms with E-state index in [1.165, 1.54) is 68.1 Å². The number of hydrogen-bond acceptors (Lipinski definition) is 7. The number of benzene rings is 2. The average Bonchev–Trinajstić information content (AvgIpc) is 3.17. The monoisotopic (exact) mass is 815 g/mol. The molecule has 0 unspecified atom stereocenters. The van der Waals surface area contributed by atoms with Gasteiger partial charge >= 0.3 is 11.9 Å². The van der Waals surface area contributed by atoms with Crippen molar-refractivity contribution in [2.24, 2.45) is 11.8 Å². The van der Waals surface area contributed by atoms with Crippen LogP contribution in [0.15, 0.2) is 48.5 Å². The first kappa shape index (κ1) is 47.2. The second-order valence-corrected chi connectivity index (χ2v) is 21.3. The number of unbranched alkanes of at least 4 members (excludes halogenated alkanes) is 5. The van der Waals surface area contributed by atoms with Gasteiger partial charge in [0, 0.05) is 47.8 Å². The fourth-order valence-electron chi connectivity index (χ4n) is 10.7. The molecule has 1 aliphatic carbocycles. The van der Waals surface area contributed by atoms with Gasteiger partial charge < -0.3 is 14.2 Å². The summed E-state index contributed by atoms with van der Waals surface area (Å²) in [5.74, 6) is 0.753. The minimum absolute atomic E-state index is 0.129. The van der Waals surface area contributed by atoms with Gasteiger partial charge in [-0.1, -0.05) is 88.3 Å². The van der Waals surface area contributed by atoms with Crippen LogP contribution in [0.5, 0.6) is 5.75 Å². The maximum Gasteiger partial charge on any atom is 0.320 e. The van der Waals surface area contributed by atoms with E-state index < -0.39 is 17.9 Å². The summed E-state index contributed by atoms with van der Waals surface area (Å²) in [6.45, 7) is 20.5. The standard InChI is InChI=1S/C52H82N2O5/c1-12-13-16-19-38-21-23-39(24-22-38)40-25-27-41(28-26-40)42-29-31-43(32-30-42)57-33-18-15-14-17-20-46(47(55)58-44-34-49(2,3)53(10)50(4,5)35-44)48(56)59-45-36-51(6,7)54(11)52(8,9)37-45/h25-32,38-39,44-46H,12-24,33-37H2,1-11H3/t38-,39-. The zero-order chi connectivity index (χ0) is 43.0. The van der Waals surface area contributed by atoms with Crippen LogP contribution in [-0.2, 0) is 19.1 Å². The van der Waals surface area contributed by atoms with E-state index in [9.17, 15) is 9.59 Å². The highest BCUT2D eigenvalue weighted by Crippen LogP contribution is 2.41. The highest BCUT2D eigenvalue weighted by atomic mass is 16.6. The van der Waals surface area contributed by atoms with E-state index in [2.05, 4.69) is 135 Å². The minimum atomic E-state index is -0.919. The number of carbonyl (C=O) groups is 2. The van der Waals surface area contributed by atoms with Gasteiger partial charge in [0.1, 0.15) is 18.0 Å². The van der Waals surface area contributed by atoms with Gasteiger partial charge in [-0.25, -0.2) is 0 Å². The lowest BCUT2D eigenvalue weighted by Gasteiger charge is -2.53. The molecule has 7 heteroatoms. The van der Waals surface area contributed by atoms with Crippen molar-refractivity contribution in [2.75, 3.05) is 20.7 Å². The van der Waals surface area contributed by atoms with E-state index in [4.69, 9.17) is 14.2 Å². The summed E-state index contributed by atoms with van der Waals surface area (Å²) >= 11 is 0. The van der Waals surface area contributed by atoms with Gasteiger partial charge in [-0.2, -0.15) is 0 Å². The summed E-state index contributed by atoms with van der Waals surface area (Å²) in [5.41, 5.74) is 3.44. The van der Waals surface area contributed by atoms with E-state index in [-0.39, 0.29) is 34.4 Å². The lowest BCUT2D eigenvalue weighted by molar-refractivity contribution is -0.177. The molecular formula is C52H82N2O5. The molecule has 2 aromatic rings. The Morgan fingerprint density at radius 2 is 1.07 bits per heavy atom. The molecular weight excluding hydrogens is 733 g/mol. The highest BCUT2D eigenvalue weighted by Gasteiger charge is 2.47. The molecule has 0 radical (unpaired) electrons.